The number of carbonyl (C=O) groups excluding carboxylic acids is 1. The van der Waals surface area contributed by atoms with Crippen molar-refractivity contribution in [3.05, 3.63) is 23.8 Å². The molecule has 1 fully saturated rings. The minimum absolute atomic E-state index is 0.0451. The van der Waals surface area contributed by atoms with Gasteiger partial charge in [0.05, 0.1) is 27.4 Å². The van der Waals surface area contributed by atoms with E-state index in [9.17, 15) is 4.79 Å². The Bertz CT molecular complexity index is 452. The molecule has 0 spiro atoms. The van der Waals surface area contributed by atoms with Gasteiger partial charge in [-0.3, -0.25) is 4.79 Å². The van der Waals surface area contributed by atoms with Crippen molar-refractivity contribution in [3.63, 3.8) is 0 Å². The van der Waals surface area contributed by atoms with Crippen molar-refractivity contribution in [3.8, 4) is 11.5 Å². The summed E-state index contributed by atoms with van der Waals surface area (Å²) >= 11 is 0. The third-order valence-electron chi connectivity index (χ3n) is 3.21. The molecule has 1 aliphatic rings. The Labute approximate surface area is 118 Å². The van der Waals surface area contributed by atoms with Gasteiger partial charge in [-0.15, -0.1) is 0 Å². The first-order valence-electron chi connectivity index (χ1n) is 6.73. The van der Waals surface area contributed by atoms with E-state index < -0.39 is 0 Å². The van der Waals surface area contributed by atoms with Gasteiger partial charge in [0, 0.05) is 18.4 Å². The van der Waals surface area contributed by atoms with Crippen LogP contribution in [0, 0.1) is 0 Å². The molecule has 1 saturated heterocycles. The van der Waals surface area contributed by atoms with Gasteiger partial charge in [0.25, 0.3) is 0 Å². The molecule has 2 rings (SSSR count). The average molecular weight is 280 g/mol. The maximum atomic E-state index is 12.1. The number of hydrogen-bond donors (Lipinski definition) is 0. The minimum atomic E-state index is -0.257. The summed E-state index contributed by atoms with van der Waals surface area (Å²) in [5.74, 6) is 1.22. The molecule has 20 heavy (non-hydrogen) atoms. The normalized spacial score (nSPS) is 15.9. The van der Waals surface area contributed by atoms with Crippen LogP contribution in [0.2, 0.25) is 0 Å². The first-order valence-corrected chi connectivity index (χ1v) is 6.73. The fourth-order valence-electron chi connectivity index (χ4n) is 2.11. The Morgan fingerprint density at radius 1 is 1.20 bits per heavy atom. The monoisotopic (exact) mass is 280 g/mol. The molecular weight excluding hydrogens is 260 g/mol. The van der Waals surface area contributed by atoms with Gasteiger partial charge >= 0.3 is 0 Å². The fourth-order valence-corrected chi connectivity index (χ4v) is 2.11. The number of benzene rings is 1. The van der Waals surface area contributed by atoms with Crippen LogP contribution in [0.3, 0.4) is 0 Å². The predicted molar refractivity (Wildman–Crippen MR) is 73.4 cm³/mol. The van der Waals surface area contributed by atoms with E-state index in [2.05, 4.69) is 0 Å². The van der Waals surface area contributed by atoms with E-state index in [1.807, 2.05) is 0 Å². The van der Waals surface area contributed by atoms with Crippen LogP contribution in [0.5, 0.6) is 11.5 Å². The summed E-state index contributed by atoms with van der Waals surface area (Å²) in [6, 6.07) is 5.18. The number of carbonyl (C=O) groups is 1. The molecule has 0 aliphatic carbocycles. The second kappa shape index (κ2) is 7.26. The summed E-state index contributed by atoms with van der Waals surface area (Å²) in [6.07, 6.45) is 1.63. The van der Waals surface area contributed by atoms with Crippen molar-refractivity contribution in [1.82, 2.24) is 0 Å². The quantitative estimate of drug-likeness (QED) is 0.749. The van der Waals surface area contributed by atoms with Crippen LogP contribution in [-0.4, -0.2) is 39.5 Å². The molecule has 110 valence electrons. The summed E-state index contributed by atoms with van der Waals surface area (Å²) in [5, 5.41) is 0. The Kier molecular flexibility index (Phi) is 5.38. The lowest BCUT2D eigenvalue weighted by Crippen LogP contribution is -2.25. The summed E-state index contributed by atoms with van der Waals surface area (Å²) < 4.78 is 21.2. The summed E-state index contributed by atoms with van der Waals surface area (Å²) in [4.78, 5) is 12.1. The van der Waals surface area contributed by atoms with Gasteiger partial charge in [0.1, 0.15) is 0 Å². The molecule has 0 saturated carbocycles. The molecule has 1 aromatic carbocycles. The van der Waals surface area contributed by atoms with Crippen molar-refractivity contribution in [2.24, 2.45) is 0 Å². The van der Waals surface area contributed by atoms with Crippen molar-refractivity contribution < 1.29 is 23.7 Å². The second-order valence-electron chi connectivity index (χ2n) is 4.56. The van der Waals surface area contributed by atoms with E-state index in [4.69, 9.17) is 18.9 Å². The lowest BCUT2D eigenvalue weighted by molar-refractivity contribution is -0.180. The van der Waals surface area contributed by atoms with E-state index >= 15 is 0 Å². The molecule has 1 aromatic rings. The lowest BCUT2D eigenvalue weighted by atomic mass is 10.1. The van der Waals surface area contributed by atoms with Crippen LogP contribution in [0.15, 0.2) is 18.2 Å². The molecule has 0 N–H and O–H groups in total. The van der Waals surface area contributed by atoms with Crippen molar-refractivity contribution >= 4 is 5.78 Å². The van der Waals surface area contributed by atoms with Gasteiger partial charge in [-0.25, -0.2) is 0 Å². The zero-order chi connectivity index (χ0) is 14.4. The molecule has 0 atom stereocenters. The Hall–Kier alpha value is -1.59. The van der Waals surface area contributed by atoms with E-state index in [-0.39, 0.29) is 12.1 Å². The molecular formula is C15H20O5. The molecule has 5 nitrogen and oxygen atoms in total. The van der Waals surface area contributed by atoms with Crippen molar-refractivity contribution in [2.75, 3.05) is 27.4 Å². The summed E-state index contributed by atoms with van der Waals surface area (Å²) in [5.41, 5.74) is 0.610. The highest BCUT2D eigenvalue weighted by Gasteiger charge is 2.17. The minimum Gasteiger partial charge on any atom is -0.493 e. The van der Waals surface area contributed by atoms with Gasteiger partial charge in [0.2, 0.25) is 0 Å². The van der Waals surface area contributed by atoms with Crippen molar-refractivity contribution in [1.29, 1.82) is 0 Å². The smallest absolute Gasteiger partial charge is 0.163 e. The third-order valence-corrected chi connectivity index (χ3v) is 3.21. The summed E-state index contributed by atoms with van der Waals surface area (Å²) in [6.45, 7) is 1.41. The van der Waals surface area contributed by atoms with Crippen LogP contribution in [0.1, 0.15) is 29.6 Å². The highest BCUT2D eigenvalue weighted by Crippen LogP contribution is 2.28. The van der Waals surface area contributed by atoms with Gasteiger partial charge in [0.15, 0.2) is 23.6 Å². The molecule has 0 amide bonds. The largest absolute Gasteiger partial charge is 0.493 e. The third kappa shape index (κ3) is 3.71. The molecule has 1 heterocycles. The zero-order valence-corrected chi connectivity index (χ0v) is 11.9. The number of ketones is 1. The number of hydrogen-bond acceptors (Lipinski definition) is 5. The molecule has 0 bridgehead atoms. The Morgan fingerprint density at radius 2 is 1.90 bits per heavy atom. The van der Waals surface area contributed by atoms with Gasteiger partial charge in [-0.1, -0.05) is 0 Å². The highest BCUT2D eigenvalue weighted by molar-refractivity contribution is 5.96. The SMILES string of the molecule is COc1ccc(C(=O)CCC2OCCCO2)cc1OC. The van der Waals surface area contributed by atoms with Gasteiger partial charge in [-0.05, 0) is 24.6 Å². The van der Waals surface area contributed by atoms with E-state index in [1.54, 1.807) is 32.4 Å². The van der Waals surface area contributed by atoms with Gasteiger partial charge in [-0.2, -0.15) is 0 Å². The maximum absolute atomic E-state index is 12.1. The standard InChI is InChI=1S/C15H20O5/c1-17-13-6-4-11(10-14(13)18-2)12(16)5-7-15-19-8-3-9-20-15/h4,6,10,15H,3,5,7-9H2,1-2H3. The topological polar surface area (TPSA) is 54.0 Å². The number of methoxy groups -OCH3 is 2. The number of Topliss-reactive ketones (excluding diaryl/α,β-unsaturated/α-hetero) is 1. The lowest BCUT2D eigenvalue weighted by Gasteiger charge is -2.22. The molecule has 1 aliphatic heterocycles. The van der Waals surface area contributed by atoms with E-state index in [0.717, 1.165) is 6.42 Å². The number of ether oxygens (including phenoxy) is 4. The van der Waals surface area contributed by atoms with Gasteiger partial charge < -0.3 is 18.9 Å². The Morgan fingerprint density at radius 3 is 2.55 bits per heavy atom. The first kappa shape index (κ1) is 14.8. The van der Waals surface area contributed by atoms with Crippen LogP contribution < -0.4 is 9.47 Å². The molecule has 0 radical (unpaired) electrons. The van der Waals surface area contributed by atoms with Crippen LogP contribution in [0.4, 0.5) is 0 Å². The zero-order valence-electron chi connectivity index (χ0n) is 11.9. The van der Waals surface area contributed by atoms with E-state index in [0.29, 0.717) is 43.1 Å². The maximum Gasteiger partial charge on any atom is 0.163 e. The highest BCUT2D eigenvalue weighted by atomic mass is 16.7. The molecule has 0 unspecified atom stereocenters. The Balaban J connectivity index is 1.94. The van der Waals surface area contributed by atoms with Crippen LogP contribution >= 0.6 is 0 Å². The van der Waals surface area contributed by atoms with Crippen LogP contribution in [0.25, 0.3) is 0 Å². The van der Waals surface area contributed by atoms with Crippen LogP contribution in [-0.2, 0) is 9.47 Å². The number of rotatable bonds is 6. The fraction of sp³-hybridized carbons (Fsp3) is 0.533. The van der Waals surface area contributed by atoms with Crippen molar-refractivity contribution in [2.45, 2.75) is 25.6 Å². The molecule has 5 heteroatoms. The molecule has 0 aromatic heterocycles. The van der Waals surface area contributed by atoms with E-state index in [1.165, 1.54) is 0 Å². The second-order valence-corrected chi connectivity index (χ2v) is 4.56. The summed E-state index contributed by atoms with van der Waals surface area (Å²) in [7, 11) is 3.12. The first-order chi connectivity index (χ1) is 9.74. The predicted octanol–water partition coefficient (Wildman–Crippen LogP) is 2.43. The average Bonchev–Trinajstić information content (AvgIpc) is 2.52.